The number of carbonyl (C=O) groups excluding carboxylic acids is 1. The predicted molar refractivity (Wildman–Crippen MR) is 97.3 cm³/mol. The minimum Gasteiger partial charge on any atom is -0.445 e. The molecule has 2 aromatic carbocycles. The van der Waals surface area contributed by atoms with E-state index in [2.05, 4.69) is 10.3 Å². The van der Waals surface area contributed by atoms with Gasteiger partial charge < -0.3 is 20.3 Å². The first-order valence-corrected chi connectivity index (χ1v) is 8.29. The number of nitrogens with zero attached hydrogens (tertiary/aromatic N) is 1. The highest BCUT2D eigenvalue weighted by Crippen LogP contribution is 2.21. The topological polar surface area (TPSA) is 91.7 Å². The third-order valence-electron chi connectivity index (χ3n) is 4.00. The van der Waals surface area contributed by atoms with Gasteiger partial charge in [0.25, 0.3) is 0 Å². The standard InChI is InChI=1S/C20H20N2O4/c23-18(12-22-20(25)26-13-14-5-2-1-3-6-14)19(24)16-8-9-17-15(11-16)7-4-10-21-17/h1-11,18-19,23-24H,12-13H2,(H,22,25). The van der Waals surface area contributed by atoms with E-state index in [4.69, 9.17) is 4.74 Å². The Balaban J connectivity index is 1.51. The SMILES string of the molecule is O=C(NCC(O)C(O)c1ccc2ncccc2c1)OCc1ccccc1. The van der Waals surface area contributed by atoms with Gasteiger partial charge in [-0.05, 0) is 29.3 Å². The molecule has 1 amide bonds. The number of aromatic nitrogens is 1. The Morgan fingerprint density at radius 1 is 1.08 bits per heavy atom. The Morgan fingerprint density at radius 3 is 2.69 bits per heavy atom. The number of alkyl carbamates (subject to hydrolysis) is 1. The van der Waals surface area contributed by atoms with Crippen molar-refractivity contribution < 1.29 is 19.7 Å². The summed E-state index contributed by atoms with van der Waals surface area (Å²) < 4.78 is 5.07. The molecule has 3 rings (SSSR count). The molecular formula is C20H20N2O4. The predicted octanol–water partition coefficient (Wildman–Crippen LogP) is 2.56. The van der Waals surface area contributed by atoms with Gasteiger partial charge in [0.05, 0.1) is 5.52 Å². The molecule has 0 saturated heterocycles. The Morgan fingerprint density at radius 2 is 1.88 bits per heavy atom. The quantitative estimate of drug-likeness (QED) is 0.634. The molecule has 0 spiro atoms. The maximum Gasteiger partial charge on any atom is 0.407 e. The van der Waals surface area contributed by atoms with Crippen LogP contribution in [0.2, 0.25) is 0 Å². The maximum absolute atomic E-state index is 11.7. The van der Waals surface area contributed by atoms with Crippen LogP contribution < -0.4 is 5.32 Å². The molecular weight excluding hydrogens is 332 g/mol. The zero-order chi connectivity index (χ0) is 18.4. The number of hydrogen-bond acceptors (Lipinski definition) is 5. The van der Waals surface area contributed by atoms with Crippen LogP contribution in [0.25, 0.3) is 10.9 Å². The van der Waals surface area contributed by atoms with Gasteiger partial charge >= 0.3 is 6.09 Å². The number of amides is 1. The van der Waals surface area contributed by atoms with E-state index < -0.39 is 18.3 Å². The molecule has 3 N–H and O–H groups in total. The molecule has 6 heteroatoms. The largest absolute Gasteiger partial charge is 0.445 e. The molecule has 1 heterocycles. The summed E-state index contributed by atoms with van der Waals surface area (Å²) in [4.78, 5) is 15.9. The van der Waals surface area contributed by atoms with E-state index in [1.165, 1.54) is 0 Å². The van der Waals surface area contributed by atoms with E-state index in [1.807, 2.05) is 36.4 Å². The second kappa shape index (κ2) is 8.42. The lowest BCUT2D eigenvalue weighted by Gasteiger charge is -2.19. The normalized spacial score (nSPS) is 13.2. The van der Waals surface area contributed by atoms with Crippen molar-refractivity contribution in [1.82, 2.24) is 10.3 Å². The number of rotatable bonds is 6. The number of fused-ring (bicyclic) bond motifs is 1. The van der Waals surface area contributed by atoms with Crippen LogP contribution in [0.15, 0.2) is 66.9 Å². The number of nitrogens with one attached hydrogen (secondary N) is 1. The van der Waals surface area contributed by atoms with E-state index in [9.17, 15) is 15.0 Å². The number of pyridine rings is 1. The van der Waals surface area contributed by atoms with Gasteiger partial charge in [-0.2, -0.15) is 0 Å². The summed E-state index contributed by atoms with van der Waals surface area (Å²) in [6.45, 7) is 0.0167. The summed E-state index contributed by atoms with van der Waals surface area (Å²) >= 11 is 0. The number of aliphatic hydroxyl groups excluding tert-OH is 2. The molecule has 1 aromatic heterocycles. The summed E-state index contributed by atoms with van der Waals surface area (Å²) in [6.07, 6.45) is -1.25. The van der Waals surface area contributed by atoms with Crippen molar-refractivity contribution in [3.63, 3.8) is 0 Å². The monoisotopic (exact) mass is 352 g/mol. The van der Waals surface area contributed by atoms with Gasteiger partial charge in [-0.25, -0.2) is 4.79 Å². The molecule has 0 aliphatic rings. The zero-order valence-electron chi connectivity index (χ0n) is 14.1. The Labute approximate surface area is 151 Å². The highest BCUT2D eigenvalue weighted by atomic mass is 16.5. The second-order valence-electron chi connectivity index (χ2n) is 5.91. The smallest absolute Gasteiger partial charge is 0.407 e. The number of benzene rings is 2. The van der Waals surface area contributed by atoms with E-state index >= 15 is 0 Å². The number of hydrogen-bond donors (Lipinski definition) is 3. The third-order valence-corrected chi connectivity index (χ3v) is 4.00. The van der Waals surface area contributed by atoms with E-state index in [1.54, 1.807) is 30.5 Å². The van der Waals surface area contributed by atoms with Gasteiger partial charge in [-0.3, -0.25) is 4.98 Å². The van der Waals surface area contributed by atoms with Gasteiger partial charge in [0.1, 0.15) is 18.8 Å². The molecule has 6 nitrogen and oxygen atoms in total. The van der Waals surface area contributed by atoms with Crippen LogP contribution >= 0.6 is 0 Å². The van der Waals surface area contributed by atoms with Crippen LogP contribution in [-0.2, 0) is 11.3 Å². The maximum atomic E-state index is 11.7. The minimum absolute atomic E-state index is 0.125. The molecule has 2 atom stereocenters. The van der Waals surface area contributed by atoms with Crippen molar-refractivity contribution in [2.45, 2.75) is 18.8 Å². The molecule has 0 radical (unpaired) electrons. The van der Waals surface area contributed by atoms with Crippen molar-refractivity contribution >= 4 is 17.0 Å². The average Bonchev–Trinajstić information content (AvgIpc) is 2.70. The van der Waals surface area contributed by atoms with Gasteiger partial charge in [0.2, 0.25) is 0 Å². The van der Waals surface area contributed by atoms with Crippen LogP contribution in [0, 0.1) is 0 Å². The average molecular weight is 352 g/mol. The van der Waals surface area contributed by atoms with Gasteiger partial charge in [0.15, 0.2) is 0 Å². The van der Waals surface area contributed by atoms with Gasteiger partial charge in [0, 0.05) is 18.1 Å². The molecule has 2 unspecified atom stereocenters. The number of aliphatic hydroxyl groups is 2. The first-order chi connectivity index (χ1) is 12.6. The summed E-state index contributed by atoms with van der Waals surface area (Å²) in [7, 11) is 0. The lowest BCUT2D eigenvalue weighted by molar-refractivity contribution is 0.0185. The van der Waals surface area contributed by atoms with Crippen LogP contribution in [0.1, 0.15) is 17.2 Å². The fourth-order valence-electron chi connectivity index (χ4n) is 2.57. The Hall–Kier alpha value is -2.96. The van der Waals surface area contributed by atoms with Gasteiger partial charge in [-0.1, -0.05) is 42.5 Å². The van der Waals surface area contributed by atoms with E-state index in [0.29, 0.717) is 5.56 Å². The number of carbonyl (C=O) groups is 1. The Kier molecular flexibility index (Phi) is 5.78. The fourth-order valence-corrected chi connectivity index (χ4v) is 2.57. The first-order valence-electron chi connectivity index (χ1n) is 8.29. The van der Waals surface area contributed by atoms with Crippen LogP contribution in [0.3, 0.4) is 0 Å². The Bertz CT molecular complexity index is 870. The fraction of sp³-hybridized carbons (Fsp3) is 0.200. The molecule has 0 bridgehead atoms. The molecule has 0 fully saturated rings. The van der Waals surface area contributed by atoms with Crippen LogP contribution in [0.4, 0.5) is 4.79 Å². The lowest BCUT2D eigenvalue weighted by atomic mass is 10.0. The highest BCUT2D eigenvalue weighted by Gasteiger charge is 2.19. The molecule has 0 aliphatic heterocycles. The molecule has 0 aliphatic carbocycles. The summed E-state index contributed by atoms with van der Waals surface area (Å²) in [6, 6.07) is 18.2. The summed E-state index contributed by atoms with van der Waals surface area (Å²) in [5.41, 5.74) is 2.23. The molecule has 26 heavy (non-hydrogen) atoms. The highest BCUT2D eigenvalue weighted by molar-refractivity contribution is 5.79. The lowest BCUT2D eigenvalue weighted by Crippen LogP contribution is -2.35. The molecule has 3 aromatic rings. The zero-order valence-corrected chi connectivity index (χ0v) is 14.1. The van der Waals surface area contributed by atoms with E-state index in [-0.39, 0.29) is 13.2 Å². The van der Waals surface area contributed by atoms with Crippen molar-refractivity contribution in [2.24, 2.45) is 0 Å². The van der Waals surface area contributed by atoms with Crippen molar-refractivity contribution in [2.75, 3.05) is 6.54 Å². The van der Waals surface area contributed by atoms with Crippen molar-refractivity contribution in [1.29, 1.82) is 0 Å². The van der Waals surface area contributed by atoms with E-state index in [0.717, 1.165) is 16.5 Å². The molecule has 134 valence electrons. The first kappa shape index (κ1) is 17.8. The van der Waals surface area contributed by atoms with Crippen molar-refractivity contribution in [3.8, 4) is 0 Å². The number of ether oxygens (including phenoxy) is 1. The minimum atomic E-state index is -1.16. The summed E-state index contributed by atoms with van der Waals surface area (Å²) in [5, 5.41) is 23.8. The summed E-state index contributed by atoms with van der Waals surface area (Å²) in [5.74, 6) is 0. The van der Waals surface area contributed by atoms with Crippen LogP contribution in [0.5, 0.6) is 0 Å². The second-order valence-corrected chi connectivity index (χ2v) is 5.91. The third kappa shape index (κ3) is 4.56. The van der Waals surface area contributed by atoms with Gasteiger partial charge in [-0.15, -0.1) is 0 Å². The van der Waals surface area contributed by atoms with Crippen LogP contribution in [-0.4, -0.2) is 33.9 Å². The molecule has 0 saturated carbocycles. The van der Waals surface area contributed by atoms with Crippen molar-refractivity contribution in [3.05, 3.63) is 78.0 Å².